The summed E-state index contributed by atoms with van der Waals surface area (Å²) in [4.78, 5) is 7.82. The van der Waals surface area contributed by atoms with Crippen molar-refractivity contribution in [1.82, 2.24) is 9.97 Å². The summed E-state index contributed by atoms with van der Waals surface area (Å²) in [5.41, 5.74) is 3.48. The summed E-state index contributed by atoms with van der Waals surface area (Å²) in [5.74, 6) is 1.54. The Balaban J connectivity index is 2.62. The van der Waals surface area contributed by atoms with Gasteiger partial charge in [-0.05, 0) is 24.6 Å². The first-order valence-electron chi connectivity index (χ1n) is 4.63. The molecule has 0 aliphatic rings. The second-order valence-corrected chi connectivity index (χ2v) is 3.80. The van der Waals surface area contributed by atoms with Gasteiger partial charge >= 0.3 is 0 Å². The highest BCUT2D eigenvalue weighted by atomic mass is 14.9. The molecule has 2 nitrogen and oxygen atoms in total. The van der Waals surface area contributed by atoms with Crippen LogP contribution in [0.2, 0.25) is 0 Å². The summed E-state index contributed by atoms with van der Waals surface area (Å²) < 4.78 is 0. The van der Waals surface area contributed by atoms with E-state index in [1.165, 1.54) is 5.56 Å². The molecule has 0 amide bonds. The Morgan fingerprint density at radius 1 is 1.31 bits per heavy atom. The SMILES string of the molecule is Cc1ccc2nc(C(C)C)[nH]c2c1. The molecule has 0 saturated heterocycles. The number of hydrogen-bond donors (Lipinski definition) is 1. The van der Waals surface area contributed by atoms with Crippen LogP contribution in [0.4, 0.5) is 0 Å². The molecule has 1 N–H and O–H groups in total. The number of imidazole rings is 1. The molecule has 0 aliphatic heterocycles. The second kappa shape index (κ2) is 2.87. The number of aromatic amines is 1. The van der Waals surface area contributed by atoms with Gasteiger partial charge in [0.15, 0.2) is 0 Å². The average molecular weight is 174 g/mol. The van der Waals surface area contributed by atoms with Gasteiger partial charge in [0.05, 0.1) is 11.0 Å². The monoisotopic (exact) mass is 174 g/mol. The van der Waals surface area contributed by atoms with Crippen molar-refractivity contribution < 1.29 is 0 Å². The Kier molecular flexibility index (Phi) is 1.83. The van der Waals surface area contributed by atoms with Crippen LogP contribution in [0.25, 0.3) is 11.0 Å². The van der Waals surface area contributed by atoms with Crippen LogP contribution in [-0.2, 0) is 0 Å². The van der Waals surface area contributed by atoms with Gasteiger partial charge in [0.1, 0.15) is 5.82 Å². The van der Waals surface area contributed by atoms with Gasteiger partial charge in [0.25, 0.3) is 0 Å². The van der Waals surface area contributed by atoms with Crippen molar-refractivity contribution in [1.29, 1.82) is 0 Å². The molecule has 0 atom stereocenters. The van der Waals surface area contributed by atoms with E-state index in [0.717, 1.165) is 16.9 Å². The number of aryl methyl sites for hydroxylation is 1. The normalized spacial score (nSPS) is 11.4. The zero-order valence-corrected chi connectivity index (χ0v) is 8.26. The number of nitrogens with zero attached hydrogens (tertiary/aromatic N) is 1. The van der Waals surface area contributed by atoms with Crippen molar-refractivity contribution in [2.45, 2.75) is 26.7 Å². The molecule has 2 rings (SSSR count). The average Bonchev–Trinajstić information content (AvgIpc) is 2.46. The zero-order chi connectivity index (χ0) is 9.42. The fourth-order valence-corrected chi connectivity index (χ4v) is 1.42. The van der Waals surface area contributed by atoms with Crippen molar-refractivity contribution in [3.63, 3.8) is 0 Å². The highest BCUT2D eigenvalue weighted by Gasteiger charge is 2.05. The third-order valence-electron chi connectivity index (χ3n) is 2.20. The zero-order valence-electron chi connectivity index (χ0n) is 8.26. The lowest BCUT2D eigenvalue weighted by Gasteiger charge is -1.95. The van der Waals surface area contributed by atoms with Crippen molar-refractivity contribution in [2.75, 3.05) is 0 Å². The van der Waals surface area contributed by atoms with Crippen molar-refractivity contribution in [3.8, 4) is 0 Å². The minimum absolute atomic E-state index is 0.465. The third kappa shape index (κ3) is 1.44. The number of benzene rings is 1. The molecule has 0 unspecified atom stereocenters. The number of rotatable bonds is 1. The highest BCUT2D eigenvalue weighted by molar-refractivity contribution is 5.75. The lowest BCUT2D eigenvalue weighted by molar-refractivity contribution is 0.799. The summed E-state index contributed by atoms with van der Waals surface area (Å²) >= 11 is 0. The van der Waals surface area contributed by atoms with E-state index >= 15 is 0 Å². The van der Waals surface area contributed by atoms with Crippen LogP contribution in [-0.4, -0.2) is 9.97 Å². The van der Waals surface area contributed by atoms with E-state index in [1.807, 2.05) is 0 Å². The number of aromatic nitrogens is 2. The molecule has 0 bridgehead atoms. The maximum atomic E-state index is 4.50. The lowest BCUT2D eigenvalue weighted by atomic mass is 10.2. The molecule has 0 spiro atoms. The predicted molar refractivity (Wildman–Crippen MR) is 54.9 cm³/mol. The minimum Gasteiger partial charge on any atom is -0.342 e. The van der Waals surface area contributed by atoms with Gasteiger partial charge < -0.3 is 4.98 Å². The van der Waals surface area contributed by atoms with Gasteiger partial charge in [0, 0.05) is 5.92 Å². The van der Waals surface area contributed by atoms with Crippen molar-refractivity contribution in [3.05, 3.63) is 29.6 Å². The van der Waals surface area contributed by atoms with Gasteiger partial charge in [-0.1, -0.05) is 19.9 Å². The Morgan fingerprint density at radius 3 is 2.77 bits per heavy atom. The van der Waals surface area contributed by atoms with Crippen LogP contribution in [0.15, 0.2) is 18.2 Å². The van der Waals surface area contributed by atoms with Crippen LogP contribution in [0.1, 0.15) is 31.2 Å². The van der Waals surface area contributed by atoms with E-state index in [9.17, 15) is 0 Å². The standard InChI is InChI=1S/C11H14N2/c1-7(2)11-12-9-5-4-8(3)6-10(9)13-11/h4-7H,1-3H3,(H,12,13). The first-order valence-corrected chi connectivity index (χ1v) is 4.63. The Hall–Kier alpha value is -1.31. The summed E-state index contributed by atoms with van der Waals surface area (Å²) in [7, 11) is 0. The van der Waals surface area contributed by atoms with Crippen LogP contribution in [0.5, 0.6) is 0 Å². The molecule has 2 heteroatoms. The van der Waals surface area contributed by atoms with E-state index in [-0.39, 0.29) is 0 Å². The minimum atomic E-state index is 0.465. The fourth-order valence-electron chi connectivity index (χ4n) is 1.42. The maximum absolute atomic E-state index is 4.50. The summed E-state index contributed by atoms with van der Waals surface area (Å²) in [6, 6.07) is 6.29. The molecule has 1 aromatic heterocycles. The lowest BCUT2D eigenvalue weighted by Crippen LogP contribution is -1.88. The summed E-state index contributed by atoms with van der Waals surface area (Å²) in [6.07, 6.45) is 0. The largest absolute Gasteiger partial charge is 0.342 e. The molecule has 2 aromatic rings. The Bertz CT molecular complexity index is 427. The molecular formula is C11H14N2. The Labute approximate surface area is 78.0 Å². The van der Waals surface area contributed by atoms with E-state index in [4.69, 9.17) is 0 Å². The molecule has 0 saturated carbocycles. The van der Waals surface area contributed by atoms with E-state index in [2.05, 4.69) is 48.9 Å². The number of hydrogen-bond acceptors (Lipinski definition) is 1. The number of H-pyrrole nitrogens is 1. The predicted octanol–water partition coefficient (Wildman–Crippen LogP) is 2.99. The van der Waals surface area contributed by atoms with Gasteiger partial charge in [0.2, 0.25) is 0 Å². The van der Waals surface area contributed by atoms with Gasteiger partial charge in [-0.2, -0.15) is 0 Å². The Morgan fingerprint density at radius 2 is 2.08 bits per heavy atom. The molecule has 0 radical (unpaired) electrons. The summed E-state index contributed by atoms with van der Waals surface area (Å²) in [6.45, 7) is 6.38. The molecule has 0 aliphatic carbocycles. The number of fused-ring (bicyclic) bond motifs is 1. The van der Waals surface area contributed by atoms with E-state index in [0.29, 0.717) is 5.92 Å². The maximum Gasteiger partial charge on any atom is 0.109 e. The smallest absolute Gasteiger partial charge is 0.109 e. The van der Waals surface area contributed by atoms with Crippen molar-refractivity contribution >= 4 is 11.0 Å². The van der Waals surface area contributed by atoms with Gasteiger partial charge in [-0.25, -0.2) is 4.98 Å². The van der Waals surface area contributed by atoms with Crippen LogP contribution in [0, 0.1) is 6.92 Å². The number of nitrogens with one attached hydrogen (secondary N) is 1. The molecule has 68 valence electrons. The van der Waals surface area contributed by atoms with Crippen LogP contribution < -0.4 is 0 Å². The second-order valence-electron chi connectivity index (χ2n) is 3.80. The van der Waals surface area contributed by atoms with Crippen LogP contribution in [0.3, 0.4) is 0 Å². The summed E-state index contributed by atoms with van der Waals surface area (Å²) in [5, 5.41) is 0. The highest BCUT2D eigenvalue weighted by Crippen LogP contribution is 2.17. The van der Waals surface area contributed by atoms with E-state index in [1.54, 1.807) is 0 Å². The molecular weight excluding hydrogens is 160 g/mol. The van der Waals surface area contributed by atoms with Crippen molar-refractivity contribution in [2.24, 2.45) is 0 Å². The van der Waals surface area contributed by atoms with Gasteiger partial charge in [-0.15, -0.1) is 0 Å². The van der Waals surface area contributed by atoms with Gasteiger partial charge in [-0.3, -0.25) is 0 Å². The first kappa shape index (κ1) is 8.30. The quantitative estimate of drug-likeness (QED) is 0.707. The molecule has 0 fully saturated rings. The first-order chi connectivity index (χ1) is 6.16. The van der Waals surface area contributed by atoms with Crippen LogP contribution >= 0.6 is 0 Å². The van der Waals surface area contributed by atoms with E-state index < -0.39 is 0 Å². The molecule has 1 aromatic carbocycles. The third-order valence-corrected chi connectivity index (χ3v) is 2.20. The fraction of sp³-hybridized carbons (Fsp3) is 0.364. The molecule has 13 heavy (non-hydrogen) atoms. The molecule has 1 heterocycles. The topological polar surface area (TPSA) is 28.7 Å².